The molecule has 2 aromatic rings. The second-order valence-corrected chi connectivity index (χ2v) is 2.43. The van der Waals surface area contributed by atoms with Gasteiger partial charge in [0.05, 0.1) is 11.4 Å². The predicted molar refractivity (Wildman–Crippen MR) is 47.5 cm³/mol. The van der Waals surface area contributed by atoms with Crippen LogP contribution in [0, 0.1) is 35.6 Å². The zero-order valence-electron chi connectivity index (χ0n) is 7.09. The van der Waals surface area contributed by atoms with E-state index in [0.717, 1.165) is 11.4 Å². The van der Waals surface area contributed by atoms with E-state index in [-0.39, 0.29) is 35.6 Å². The van der Waals surface area contributed by atoms with Crippen LogP contribution >= 0.6 is 0 Å². The molecular formula is C10H8LaN2. The topological polar surface area (TPSA) is 25.8 Å². The summed E-state index contributed by atoms with van der Waals surface area (Å²) in [6, 6.07) is 11.6. The van der Waals surface area contributed by atoms with Gasteiger partial charge in [-0.25, -0.2) is 0 Å². The smallest absolute Gasteiger partial charge is 0.0886 e. The van der Waals surface area contributed by atoms with Crippen LogP contribution in [0.1, 0.15) is 0 Å². The molecule has 1 radical (unpaired) electrons. The van der Waals surface area contributed by atoms with Crippen molar-refractivity contribution in [2.45, 2.75) is 0 Å². The summed E-state index contributed by atoms with van der Waals surface area (Å²) in [5.74, 6) is 0. The second kappa shape index (κ2) is 5.27. The van der Waals surface area contributed by atoms with Crippen LogP contribution in [-0.2, 0) is 0 Å². The van der Waals surface area contributed by atoms with Gasteiger partial charge in [0.2, 0.25) is 0 Å². The molecule has 3 heteroatoms. The van der Waals surface area contributed by atoms with Crippen molar-refractivity contribution in [1.82, 2.24) is 9.97 Å². The summed E-state index contributed by atoms with van der Waals surface area (Å²) in [6.45, 7) is 0. The minimum Gasteiger partial charge on any atom is -0.255 e. The normalized spacial score (nSPS) is 8.92. The fourth-order valence-corrected chi connectivity index (χ4v) is 1.03. The van der Waals surface area contributed by atoms with Crippen molar-refractivity contribution in [3.63, 3.8) is 0 Å². The van der Waals surface area contributed by atoms with Gasteiger partial charge < -0.3 is 0 Å². The first-order valence-electron chi connectivity index (χ1n) is 3.79. The van der Waals surface area contributed by atoms with Gasteiger partial charge in [0, 0.05) is 48.0 Å². The molecule has 13 heavy (non-hydrogen) atoms. The van der Waals surface area contributed by atoms with E-state index in [1.807, 2.05) is 36.4 Å². The van der Waals surface area contributed by atoms with Crippen molar-refractivity contribution >= 4 is 0 Å². The monoisotopic (exact) mass is 295 g/mol. The first kappa shape index (κ1) is 10.6. The Morgan fingerprint density at radius 2 is 1.15 bits per heavy atom. The van der Waals surface area contributed by atoms with Crippen molar-refractivity contribution in [3.8, 4) is 11.4 Å². The first-order valence-corrected chi connectivity index (χ1v) is 3.79. The maximum atomic E-state index is 4.19. The van der Waals surface area contributed by atoms with E-state index in [9.17, 15) is 0 Å². The average Bonchev–Trinajstić information content (AvgIpc) is 2.21. The zero-order chi connectivity index (χ0) is 8.23. The summed E-state index contributed by atoms with van der Waals surface area (Å²) in [4.78, 5) is 8.37. The molecule has 0 amide bonds. The molecule has 0 spiro atoms. The van der Waals surface area contributed by atoms with Crippen LogP contribution in [0.5, 0.6) is 0 Å². The van der Waals surface area contributed by atoms with Crippen molar-refractivity contribution in [1.29, 1.82) is 0 Å². The Bertz CT molecular complexity index is 310. The van der Waals surface area contributed by atoms with E-state index in [0.29, 0.717) is 0 Å². The largest absolute Gasteiger partial charge is 0.255 e. The SMILES string of the molecule is [La].c1ccc(-c2ccccn2)nc1. The maximum Gasteiger partial charge on any atom is 0.0886 e. The van der Waals surface area contributed by atoms with E-state index in [1.165, 1.54) is 0 Å². The third-order valence-electron chi connectivity index (χ3n) is 1.59. The predicted octanol–water partition coefficient (Wildman–Crippen LogP) is 2.14. The molecule has 0 aromatic carbocycles. The standard InChI is InChI=1S/C10H8N2.La/c1-3-7-11-9(5-1)10-6-2-4-8-12-10;/h1-8H;. The fourth-order valence-electron chi connectivity index (χ4n) is 1.03. The Hall–Kier alpha value is -0.505. The number of nitrogens with zero attached hydrogens (tertiary/aromatic N) is 2. The van der Waals surface area contributed by atoms with Gasteiger partial charge in [0.25, 0.3) is 0 Å². The number of hydrogen-bond donors (Lipinski definition) is 0. The molecule has 2 rings (SSSR count). The minimum absolute atomic E-state index is 0. The molecule has 2 heterocycles. The Labute approximate surface area is 105 Å². The average molecular weight is 295 g/mol. The van der Waals surface area contributed by atoms with Gasteiger partial charge in [-0.3, -0.25) is 9.97 Å². The molecular weight excluding hydrogens is 287 g/mol. The molecule has 2 nitrogen and oxygen atoms in total. The number of rotatable bonds is 1. The van der Waals surface area contributed by atoms with Gasteiger partial charge in [-0.05, 0) is 24.3 Å². The number of hydrogen-bond acceptors (Lipinski definition) is 2. The van der Waals surface area contributed by atoms with Crippen LogP contribution in [0.25, 0.3) is 11.4 Å². The number of aromatic nitrogens is 2. The summed E-state index contributed by atoms with van der Waals surface area (Å²) < 4.78 is 0. The fraction of sp³-hybridized carbons (Fsp3) is 0. The molecule has 0 saturated heterocycles. The molecule has 0 atom stereocenters. The summed E-state index contributed by atoms with van der Waals surface area (Å²) in [7, 11) is 0. The third-order valence-corrected chi connectivity index (χ3v) is 1.59. The zero-order valence-corrected chi connectivity index (χ0v) is 10.7. The molecule has 0 N–H and O–H groups in total. The van der Waals surface area contributed by atoms with Crippen LogP contribution < -0.4 is 0 Å². The van der Waals surface area contributed by atoms with Crippen molar-refractivity contribution in [2.75, 3.05) is 0 Å². The van der Waals surface area contributed by atoms with Crippen LogP contribution in [0.4, 0.5) is 0 Å². The van der Waals surface area contributed by atoms with Crippen molar-refractivity contribution < 1.29 is 35.6 Å². The van der Waals surface area contributed by atoms with Gasteiger partial charge in [-0.15, -0.1) is 0 Å². The van der Waals surface area contributed by atoms with E-state index in [2.05, 4.69) is 9.97 Å². The van der Waals surface area contributed by atoms with E-state index in [1.54, 1.807) is 12.4 Å². The van der Waals surface area contributed by atoms with Gasteiger partial charge in [-0.1, -0.05) is 12.1 Å². The summed E-state index contributed by atoms with van der Waals surface area (Å²) in [5, 5.41) is 0. The van der Waals surface area contributed by atoms with E-state index >= 15 is 0 Å². The van der Waals surface area contributed by atoms with E-state index < -0.39 is 0 Å². The molecule has 0 aliphatic rings. The van der Waals surface area contributed by atoms with Crippen LogP contribution in [0.3, 0.4) is 0 Å². The number of pyridine rings is 2. The van der Waals surface area contributed by atoms with Gasteiger partial charge in [-0.2, -0.15) is 0 Å². The summed E-state index contributed by atoms with van der Waals surface area (Å²) in [5.41, 5.74) is 1.83. The molecule has 61 valence electrons. The second-order valence-electron chi connectivity index (χ2n) is 2.43. The minimum atomic E-state index is 0. The third kappa shape index (κ3) is 2.73. The quantitative estimate of drug-likeness (QED) is 0.805. The van der Waals surface area contributed by atoms with E-state index in [4.69, 9.17) is 0 Å². The van der Waals surface area contributed by atoms with Gasteiger partial charge in [0.15, 0.2) is 0 Å². The Kier molecular flexibility index (Phi) is 4.29. The van der Waals surface area contributed by atoms with Crippen LogP contribution in [-0.4, -0.2) is 9.97 Å². The molecule has 0 saturated carbocycles. The maximum absolute atomic E-state index is 4.19. The first-order chi connectivity index (χ1) is 5.97. The van der Waals surface area contributed by atoms with Crippen molar-refractivity contribution in [2.24, 2.45) is 0 Å². The Balaban J connectivity index is 0.000000845. The van der Waals surface area contributed by atoms with Crippen LogP contribution in [0.15, 0.2) is 48.8 Å². The molecule has 0 fully saturated rings. The molecule has 0 unspecified atom stereocenters. The summed E-state index contributed by atoms with van der Waals surface area (Å²) >= 11 is 0. The van der Waals surface area contributed by atoms with Gasteiger partial charge >= 0.3 is 0 Å². The Morgan fingerprint density at radius 3 is 1.46 bits per heavy atom. The van der Waals surface area contributed by atoms with Crippen LogP contribution in [0.2, 0.25) is 0 Å². The molecule has 0 aliphatic heterocycles. The molecule has 2 aromatic heterocycles. The van der Waals surface area contributed by atoms with Gasteiger partial charge in [0.1, 0.15) is 0 Å². The molecule has 0 aliphatic carbocycles. The summed E-state index contributed by atoms with van der Waals surface area (Å²) in [6.07, 6.45) is 3.54. The molecule has 0 bridgehead atoms. The van der Waals surface area contributed by atoms with Crippen molar-refractivity contribution in [3.05, 3.63) is 48.8 Å². The Morgan fingerprint density at radius 1 is 0.692 bits per heavy atom.